The predicted molar refractivity (Wildman–Crippen MR) is 379 cm³/mol. The van der Waals surface area contributed by atoms with Crippen LogP contribution in [0.3, 0.4) is 0 Å². The Labute approximate surface area is 543 Å². The van der Waals surface area contributed by atoms with E-state index in [1.54, 1.807) is 0 Å². The third-order valence-electron chi connectivity index (χ3n) is 22.6. The van der Waals surface area contributed by atoms with Crippen molar-refractivity contribution in [2.24, 2.45) is 90.7 Å². The molecule has 8 rings (SSSR count). The van der Waals surface area contributed by atoms with Gasteiger partial charge in [0.25, 0.3) is 0 Å². The maximum absolute atomic E-state index is 9.83. The minimum atomic E-state index is -0.186. The van der Waals surface area contributed by atoms with Crippen molar-refractivity contribution in [3.05, 3.63) is 101 Å². The lowest BCUT2D eigenvalue weighted by molar-refractivity contribution is -0.0154. The molecule has 8 fully saturated rings. The third kappa shape index (κ3) is 28.4. The molecule has 88 heavy (non-hydrogen) atoms. The highest BCUT2D eigenvalue weighted by Crippen LogP contribution is 2.46. The molecule has 0 aliphatic heterocycles. The molecule has 16 unspecified atom stereocenters. The Morgan fingerprint density at radius 1 is 0.307 bits per heavy atom. The number of hydrogen-bond acceptors (Lipinski definition) is 8. The first-order valence-electron chi connectivity index (χ1n) is 34.9. The molecule has 0 heterocycles. The van der Waals surface area contributed by atoms with Crippen LogP contribution in [0.15, 0.2) is 101 Å². The van der Waals surface area contributed by atoms with Gasteiger partial charge >= 0.3 is 0 Å². The summed E-state index contributed by atoms with van der Waals surface area (Å²) in [4.78, 5) is 0. The van der Waals surface area contributed by atoms with Crippen LogP contribution < -0.4 is 0 Å². The van der Waals surface area contributed by atoms with Crippen LogP contribution in [-0.4, -0.2) is 89.7 Å². The van der Waals surface area contributed by atoms with Gasteiger partial charge in [0.05, 0.1) is 48.8 Å². The first-order chi connectivity index (χ1) is 40.5. The van der Waals surface area contributed by atoms with E-state index in [9.17, 15) is 40.9 Å². The number of aliphatic hydroxyl groups is 8. The summed E-state index contributed by atoms with van der Waals surface area (Å²) in [6.07, 6.45) is 40.0. The molecular weight excluding hydrogens is 1090 g/mol. The highest BCUT2D eigenvalue weighted by atomic mass is 16.3. The van der Waals surface area contributed by atoms with E-state index in [1.165, 1.54) is 38.5 Å². The maximum Gasteiger partial charge on any atom is 0.0653 e. The molecule has 0 aromatic carbocycles. The summed E-state index contributed by atoms with van der Waals surface area (Å²) in [7, 11) is 0. The maximum atomic E-state index is 9.83. The molecule has 0 bridgehead atoms. The molecule has 0 radical (unpaired) electrons. The molecule has 8 nitrogen and oxygen atoms in total. The van der Waals surface area contributed by atoms with Gasteiger partial charge in [0, 0.05) is 23.7 Å². The van der Waals surface area contributed by atoms with Gasteiger partial charge in [-0.3, -0.25) is 0 Å². The zero-order chi connectivity index (χ0) is 67.9. The Kier molecular flexibility index (Phi) is 35.6. The summed E-state index contributed by atoms with van der Waals surface area (Å²) >= 11 is 0. The van der Waals surface area contributed by atoms with Crippen LogP contribution in [0, 0.1) is 90.7 Å². The Bertz CT molecular complexity index is 2040. The second-order valence-electron chi connectivity index (χ2n) is 34.3. The van der Waals surface area contributed by atoms with Crippen molar-refractivity contribution < 1.29 is 40.9 Å². The van der Waals surface area contributed by atoms with E-state index in [0.29, 0.717) is 63.1 Å². The molecule has 0 aromatic rings. The lowest BCUT2D eigenvalue weighted by Crippen LogP contribution is -2.39. The number of hydrogen-bond donors (Lipinski definition) is 8. The molecule has 0 amide bonds. The SMILES string of the molecule is C=CC1C(O)CCCC1(C)C.C=CC1CC(C)(C)CCC1O.C=CC1CC(O)CC(C)(C)C1.C=CC1CC(O)CCC1(C)C.C=CC1CCC(C)(C)C(O)C1.C=CC1CCC(C)(C)CC1O.C=CC1CCCC(C)(C)C1O.C=CC1CCCC(O)C1(C)C. The van der Waals surface area contributed by atoms with Gasteiger partial charge < -0.3 is 40.9 Å². The van der Waals surface area contributed by atoms with E-state index in [0.717, 1.165) is 116 Å². The van der Waals surface area contributed by atoms with Gasteiger partial charge in [-0.1, -0.05) is 179 Å². The Morgan fingerprint density at radius 3 is 1.28 bits per heavy atom. The minimum absolute atomic E-state index is 0.0417. The average molecular weight is 1230 g/mol. The van der Waals surface area contributed by atoms with Crippen molar-refractivity contribution in [2.75, 3.05) is 0 Å². The van der Waals surface area contributed by atoms with Crippen LogP contribution in [0.2, 0.25) is 0 Å². The summed E-state index contributed by atoms with van der Waals surface area (Å²) < 4.78 is 0. The lowest BCUT2D eigenvalue weighted by atomic mass is 9.67. The van der Waals surface area contributed by atoms with E-state index < -0.39 is 0 Å². The van der Waals surface area contributed by atoms with Gasteiger partial charge in [-0.15, -0.1) is 52.6 Å². The topological polar surface area (TPSA) is 162 Å². The van der Waals surface area contributed by atoms with Gasteiger partial charge in [0.15, 0.2) is 0 Å². The zero-order valence-corrected chi connectivity index (χ0v) is 60.1. The van der Waals surface area contributed by atoms with Crippen LogP contribution in [0.5, 0.6) is 0 Å². The van der Waals surface area contributed by atoms with E-state index in [1.807, 2.05) is 48.6 Å². The highest BCUT2D eigenvalue weighted by molar-refractivity contribution is 5.01. The van der Waals surface area contributed by atoms with E-state index >= 15 is 0 Å². The molecular formula is C80H144O8. The van der Waals surface area contributed by atoms with Gasteiger partial charge in [-0.05, 0) is 202 Å². The van der Waals surface area contributed by atoms with Crippen LogP contribution in [0.4, 0.5) is 0 Å². The average Bonchev–Trinajstić information content (AvgIpc) is 3.65. The first kappa shape index (κ1) is 83.6. The van der Waals surface area contributed by atoms with Crippen LogP contribution in [0.25, 0.3) is 0 Å². The van der Waals surface area contributed by atoms with Gasteiger partial charge in [0.1, 0.15) is 0 Å². The summed E-state index contributed by atoms with van der Waals surface area (Å²) in [5.41, 5.74) is 1.89. The molecule has 0 aromatic heterocycles. The molecule has 8 heteroatoms. The number of allylic oxidation sites excluding steroid dienone is 4. The molecule has 8 N–H and O–H groups in total. The molecule has 0 saturated heterocycles. The van der Waals surface area contributed by atoms with Gasteiger partial charge in [-0.25, -0.2) is 0 Å². The zero-order valence-electron chi connectivity index (χ0n) is 60.1. The second kappa shape index (κ2) is 37.5. The van der Waals surface area contributed by atoms with Gasteiger partial charge in [0.2, 0.25) is 0 Å². The van der Waals surface area contributed by atoms with Crippen molar-refractivity contribution in [2.45, 2.75) is 314 Å². The van der Waals surface area contributed by atoms with Crippen molar-refractivity contribution >= 4 is 0 Å². The van der Waals surface area contributed by atoms with E-state index in [4.69, 9.17) is 0 Å². The number of aliphatic hydroxyl groups excluding tert-OH is 8. The standard InChI is InChI=1S/8C10H18O/c1-4-8-5-9(11)7-10(2,3)6-8;1-4-8-7-10(2,3)6-5-9(8)11;1-4-8-7-9(11)5-6-10(8,2)3;1-4-8-5-6-10(2,3)7-9(8)11;1-4-8-5-6-10(2,3)9(11)7-8;1-4-8-9(11)6-5-7-10(8,2)3;1-4-8-6-5-7-10(2,3)9(8)11;1-4-8-6-5-7-9(11)10(8,2)3/h8*4,8-9,11H,1,5-7H2,2-3H3. The largest absolute Gasteiger partial charge is 0.393 e. The molecule has 16 atom stereocenters. The second-order valence-corrected chi connectivity index (χ2v) is 34.3. The molecule has 8 saturated carbocycles. The van der Waals surface area contributed by atoms with Gasteiger partial charge in [-0.2, -0.15) is 0 Å². The summed E-state index contributed by atoms with van der Waals surface area (Å²) in [5.74, 6) is 3.31. The Balaban J connectivity index is 0.000000503. The van der Waals surface area contributed by atoms with Crippen molar-refractivity contribution in [3.63, 3.8) is 0 Å². The predicted octanol–water partition coefficient (Wildman–Crippen LogP) is 18.9. The summed E-state index contributed by atoms with van der Waals surface area (Å²) in [5, 5.41) is 76.9. The molecule has 8 aliphatic rings. The normalized spacial score (nSPS) is 36.6. The van der Waals surface area contributed by atoms with Crippen LogP contribution in [0.1, 0.15) is 265 Å². The number of rotatable bonds is 8. The first-order valence-corrected chi connectivity index (χ1v) is 34.9. The van der Waals surface area contributed by atoms with Crippen molar-refractivity contribution in [3.8, 4) is 0 Å². The third-order valence-corrected chi connectivity index (χ3v) is 22.6. The minimum Gasteiger partial charge on any atom is -0.393 e. The van der Waals surface area contributed by atoms with Crippen LogP contribution in [-0.2, 0) is 0 Å². The van der Waals surface area contributed by atoms with E-state index in [-0.39, 0.29) is 76.4 Å². The molecule has 8 aliphatic carbocycles. The lowest BCUT2D eigenvalue weighted by Gasteiger charge is -2.41. The smallest absolute Gasteiger partial charge is 0.0653 e. The Hall–Kier alpha value is -2.40. The fraction of sp³-hybridized carbons (Fsp3) is 0.800. The quantitative estimate of drug-likeness (QED) is 0.111. The Morgan fingerprint density at radius 2 is 0.841 bits per heavy atom. The highest BCUT2D eigenvalue weighted by Gasteiger charge is 2.40. The molecule has 512 valence electrons. The van der Waals surface area contributed by atoms with E-state index in [2.05, 4.69) is 163 Å². The van der Waals surface area contributed by atoms with Crippen LogP contribution >= 0.6 is 0 Å². The van der Waals surface area contributed by atoms with Crippen molar-refractivity contribution in [1.82, 2.24) is 0 Å². The summed E-state index contributed by atoms with van der Waals surface area (Å²) in [6.45, 7) is 65.2. The molecule has 0 spiro atoms. The monoisotopic (exact) mass is 1230 g/mol. The summed E-state index contributed by atoms with van der Waals surface area (Å²) in [6, 6.07) is 0. The fourth-order valence-electron chi connectivity index (χ4n) is 15.4. The fourth-order valence-corrected chi connectivity index (χ4v) is 15.4. The van der Waals surface area contributed by atoms with Crippen molar-refractivity contribution in [1.29, 1.82) is 0 Å².